The molecule has 8 aromatic carbocycles. The Balaban J connectivity index is 0.000000167. The smallest absolute Gasteiger partial charge is 0.510 e. The second-order valence-corrected chi connectivity index (χ2v) is 16.6. The number of hydrogen-bond donors (Lipinski definition) is 0. The molecule has 67 heavy (non-hydrogen) atoms. The fourth-order valence-corrected chi connectivity index (χ4v) is 9.01. The second kappa shape index (κ2) is 19.8. The molecule has 0 fully saturated rings. The Bertz CT molecular complexity index is 3200. The first-order chi connectivity index (χ1) is 31.9. The molecule has 0 aliphatic carbocycles. The Kier molecular flexibility index (Phi) is 13.4. The van der Waals surface area contributed by atoms with E-state index in [9.17, 15) is 0 Å². The van der Waals surface area contributed by atoms with Crippen LogP contribution in [0.2, 0.25) is 0 Å². The molecule has 0 amide bonds. The van der Waals surface area contributed by atoms with Crippen molar-refractivity contribution in [3.05, 3.63) is 249 Å². The normalized spacial score (nSPS) is 13.7. The molecule has 0 atom stereocenters. The van der Waals surface area contributed by atoms with Crippen molar-refractivity contribution in [2.75, 3.05) is 45.6 Å². The van der Waals surface area contributed by atoms with Gasteiger partial charge < -0.3 is 34.0 Å². The number of fused-ring (bicyclic) bond motifs is 5. The third-order valence-electron chi connectivity index (χ3n) is 12.1. The van der Waals surface area contributed by atoms with Gasteiger partial charge in [-0.15, -0.1) is 28.5 Å². The van der Waals surface area contributed by atoms with Gasteiger partial charge in [0.15, 0.2) is 0 Å². The van der Waals surface area contributed by atoms with Gasteiger partial charge in [-0.2, -0.15) is 158 Å². The Morgan fingerprint density at radius 1 is 0.433 bits per heavy atom. The molecule has 0 spiro atoms. The number of rotatable bonds is 8. The van der Waals surface area contributed by atoms with Crippen LogP contribution in [0.4, 0.5) is 39.8 Å². The van der Waals surface area contributed by atoms with Crippen molar-refractivity contribution in [1.29, 1.82) is 0 Å². The summed E-state index contributed by atoms with van der Waals surface area (Å²) < 4.78 is 2.27. The maximum absolute atomic E-state index is 3.65. The predicted molar refractivity (Wildman–Crippen MR) is 266 cm³/mol. The minimum atomic E-state index is 0. The average Bonchev–Trinajstić information content (AvgIpc) is 4.12. The topological polar surface area (TPSA) is 24.4 Å². The summed E-state index contributed by atoms with van der Waals surface area (Å²) in [6.45, 7) is 6.27. The zero-order valence-electron chi connectivity index (χ0n) is 37.2. The minimum Gasteiger partial charge on any atom is -0.510 e. The van der Waals surface area contributed by atoms with E-state index in [1.54, 1.807) is 0 Å². The van der Waals surface area contributed by atoms with E-state index in [2.05, 4.69) is 238 Å². The Labute approximate surface area is 423 Å². The molecule has 0 saturated heterocycles. The van der Waals surface area contributed by atoms with Crippen molar-refractivity contribution in [3.63, 3.8) is 0 Å². The molecule has 332 valence electrons. The average molecular weight is 1230 g/mol. The number of aromatic nitrogens is 1. The summed E-state index contributed by atoms with van der Waals surface area (Å²) in [7, 11) is 6.17. The molecule has 3 aliphatic rings. The number of hydrogen-bond acceptors (Lipinski definition) is 6. The Hall–Kier alpha value is -6.52. The summed E-state index contributed by atoms with van der Waals surface area (Å²) in [5, 5.41) is 2.47. The van der Waals surface area contributed by atoms with Crippen LogP contribution < -0.4 is 24.5 Å². The zero-order valence-corrected chi connectivity index (χ0v) is 41.7. The summed E-state index contributed by atoms with van der Waals surface area (Å²) in [4.78, 5) is 12.8. The van der Waals surface area contributed by atoms with Gasteiger partial charge in [0.1, 0.15) is 0 Å². The van der Waals surface area contributed by atoms with E-state index >= 15 is 0 Å². The Morgan fingerprint density at radius 2 is 0.955 bits per heavy atom. The summed E-state index contributed by atoms with van der Waals surface area (Å²) in [6, 6.07) is 74.7. The van der Waals surface area contributed by atoms with Gasteiger partial charge in [-0.05, 0) is 82.1 Å². The van der Waals surface area contributed by atoms with Crippen LogP contribution in [0.3, 0.4) is 0 Å². The van der Waals surface area contributed by atoms with Gasteiger partial charge >= 0.3 is 42.1 Å². The number of benzene rings is 8. The quantitative estimate of drug-likeness (QED) is 0.141. The molecule has 7 nitrogen and oxygen atoms in total. The summed E-state index contributed by atoms with van der Waals surface area (Å²) in [5.74, 6) is 0. The largest absolute Gasteiger partial charge is 4.00 e. The van der Waals surface area contributed by atoms with Crippen LogP contribution >= 0.6 is 0 Å². The van der Waals surface area contributed by atoms with Crippen LogP contribution in [0.15, 0.2) is 176 Å². The predicted octanol–water partition coefficient (Wildman–Crippen LogP) is 12.4. The molecule has 1 aromatic heterocycles. The maximum Gasteiger partial charge on any atom is 4.00 e. The van der Waals surface area contributed by atoms with Crippen molar-refractivity contribution in [2.24, 2.45) is 0 Å². The Morgan fingerprint density at radius 3 is 1.54 bits per heavy atom. The zero-order chi connectivity index (χ0) is 43.9. The third kappa shape index (κ3) is 9.16. The molecule has 9 aromatic rings. The van der Waals surface area contributed by atoms with Crippen LogP contribution in [0.1, 0.15) is 22.3 Å². The van der Waals surface area contributed by atoms with Crippen molar-refractivity contribution in [2.45, 2.75) is 12.8 Å². The van der Waals surface area contributed by atoms with Crippen LogP contribution in [-0.4, -0.2) is 30.6 Å². The minimum absolute atomic E-state index is 0. The van der Waals surface area contributed by atoms with Crippen molar-refractivity contribution >= 4 is 61.6 Å². The van der Waals surface area contributed by atoms with Gasteiger partial charge in [-0.3, -0.25) is 0 Å². The molecule has 0 bridgehead atoms. The SMILES string of the molecule is CN1C=CN(c2[c-]c(Cc3[c-]c(N4[CH-]N(C)c5ccccc54)ccc3)ccc2)[CH-]1.CN1[CH-]N(c2[c-]c(Cc3[c-]cc4c(c3)c3ccccc3n4-c3[c-]cccc3)ccc2)c2ccccc21.[Pt+4].[Pt+4]. The van der Waals surface area contributed by atoms with Crippen LogP contribution in [0.5, 0.6) is 0 Å². The molecular formula is C58H45N7Pt2. The standard InChI is InChI=1S/C33H23N3.C25H22N4.2Pt/c1-34-23-35(33-17-8-7-16-32(33)34)27-13-9-10-24(21-27)20-25-18-19-31-29(22-25)28-14-5-6-15-30(28)36(31)26-11-3-2-4-12-26;1-26-13-14-28(18-26)22-9-5-7-20(16-22)15-21-8-6-10-23(17-21)29-19-27(2)24-11-3-4-12-25(24)29;;/h2-11,13-17,19,22-23H,20H2,1H3;3-14,18-19H,15H2,1-2H3;;/q2*-4;2*+4. The molecule has 12 rings (SSSR count). The molecule has 9 heteroatoms. The van der Waals surface area contributed by atoms with Gasteiger partial charge in [0, 0.05) is 28.3 Å². The molecule has 0 saturated carbocycles. The van der Waals surface area contributed by atoms with Gasteiger partial charge in [0.2, 0.25) is 0 Å². The van der Waals surface area contributed by atoms with Crippen LogP contribution in [-0.2, 0) is 55.0 Å². The van der Waals surface area contributed by atoms with E-state index < -0.39 is 0 Å². The number of para-hydroxylation sites is 6. The van der Waals surface area contributed by atoms with E-state index in [0.717, 1.165) is 63.4 Å². The van der Waals surface area contributed by atoms with E-state index in [1.807, 2.05) is 43.1 Å². The molecule has 0 unspecified atom stereocenters. The summed E-state index contributed by atoms with van der Waals surface area (Å²) >= 11 is 0. The van der Waals surface area contributed by atoms with Crippen LogP contribution in [0.25, 0.3) is 27.5 Å². The van der Waals surface area contributed by atoms with Crippen molar-refractivity contribution < 1.29 is 42.1 Å². The monoisotopic (exact) mass is 1230 g/mol. The van der Waals surface area contributed by atoms with Gasteiger partial charge in [-0.25, -0.2) is 0 Å². The number of nitrogens with zero attached hydrogens (tertiary/aromatic N) is 7. The van der Waals surface area contributed by atoms with Crippen LogP contribution in [0, 0.1) is 50.3 Å². The summed E-state index contributed by atoms with van der Waals surface area (Å²) in [6.07, 6.45) is 5.63. The van der Waals surface area contributed by atoms with Gasteiger partial charge in [0.05, 0.1) is 0 Å². The molecule has 4 heterocycles. The third-order valence-corrected chi connectivity index (χ3v) is 12.1. The fraction of sp³-hybridized carbons (Fsp3) is 0.0862. The van der Waals surface area contributed by atoms with E-state index in [-0.39, 0.29) is 42.1 Å². The van der Waals surface area contributed by atoms with Gasteiger partial charge in [-0.1, -0.05) is 53.7 Å². The first-order valence-corrected chi connectivity index (χ1v) is 21.8. The first-order valence-electron chi connectivity index (χ1n) is 21.8. The molecule has 0 radical (unpaired) electrons. The summed E-state index contributed by atoms with van der Waals surface area (Å²) in [5.41, 5.74) is 15.8. The molecule has 0 N–H and O–H groups in total. The van der Waals surface area contributed by atoms with Crippen molar-refractivity contribution in [1.82, 2.24) is 9.47 Å². The van der Waals surface area contributed by atoms with E-state index in [4.69, 9.17) is 0 Å². The van der Waals surface area contributed by atoms with E-state index in [1.165, 1.54) is 39.0 Å². The first kappa shape index (κ1) is 45.6. The van der Waals surface area contributed by atoms with E-state index in [0.29, 0.717) is 0 Å². The fourth-order valence-electron chi connectivity index (χ4n) is 9.01. The maximum atomic E-state index is 3.65. The van der Waals surface area contributed by atoms with Crippen molar-refractivity contribution in [3.8, 4) is 5.69 Å². The second-order valence-electron chi connectivity index (χ2n) is 16.6. The number of anilines is 7. The molecular weight excluding hydrogens is 1180 g/mol. The molecule has 3 aliphatic heterocycles. The van der Waals surface area contributed by atoms with Gasteiger partial charge in [0.25, 0.3) is 0 Å².